The topological polar surface area (TPSA) is 39.1 Å². The third kappa shape index (κ3) is 4.42. The van der Waals surface area contributed by atoms with Crippen molar-refractivity contribution in [2.75, 3.05) is 20.3 Å². The van der Waals surface area contributed by atoms with Gasteiger partial charge >= 0.3 is 0 Å². The van der Waals surface area contributed by atoms with Crippen LogP contribution in [0, 0.1) is 12.8 Å². The highest BCUT2D eigenvalue weighted by molar-refractivity contribution is 5.15. The van der Waals surface area contributed by atoms with Gasteiger partial charge in [0.1, 0.15) is 0 Å². The van der Waals surface area contributed by atoms with Crippen molar-refractivity contribution in [3.8, 4) is 0 Å². The normalized spacial score (nSPS) is 11.4. The molecular formula is C14H27N3O. The lowest BCUT2D eigenvalue weighted by Gasteiger charge is -2.13. The third-order valence-electron chi connectivity index (χ3n) is 3.59. The number of aromatic nitrogens is 2. The summed E-state index contributed by atoms with van der Waals surface area (Å²) in [5.74, 6) is 0.734. The van der Waals surface area contributed by atoms with Gasteiger partial charge in [-0.2, -0.15) is 5.10 Å². The predicted molar refractivity (Wildman–Crippen MR) is 74.6 cm³/mol. The van der Waals surface area contributed by atoms with Gasteiger partial charge < -0.3 is 10.1 Å². The molecule has 0 saturated heterocycles. The smallest absolute Gasteiger partial charge is 0.0587 e. The Morgan fingerprint density at radius 3 is 2.72 bits per heavy atom. The van der Waals surface area contributed by atoms with Crippen molar-refractivity contribution in [3.05, 3.63) is 17.5 Å². The Labute approximate surface area is 111 Å². The first-order chi connectivity index (χ1) is 8.72. The Kier molecular flexibility index (Phi) is 6.98. The van der Waals surface area contributed by atoms with E-state index in [9.17, 15) is 0 Å². The van der Waals surface area contributed by atoms with Crippen molar-refractivity contribution in [2.45, 2.75) is 46.7 Å². The second kappa shape index (κ2) is 8.27. The van der Waals surface area contributed by atoms with Crippen LogP contribution in [-0.2, 0) is 17.8 Å². The number of hydrogen-bond donors (Lipinski definition) is 1. The van der Waals surface area contributed by atoms with Crippen LogP contribution in [0.5, 0.6) is 0 Å². The van der Waals surface area contributed by atoms with Crippen molar-refractivity contribution in [3.63, 3.8) is 0 Å². The Bertz CT molecular complexity index is 332. The summed E-state index contributed by atoms with van der Waals surface area (Å²) in [4.78, 5) is 0. The van der Waals surface area contributed by atoms with E-state index in [0.717, 1.165) is 32.2 Å². The molecule has 0 spiro atoms. The fraction of sp³-hybridized carbons (Fsp3) is 0.786. The number of nitrogens with one attached hydrogen (secondary N) is 1. The van der Waals surface area contributed by atoms with Gasteiger partial charge in [0.2, 0.25) is 0 Å². The Morgan fingerprint density at radius 1 is 1.39 bits per heavy atom. The lowest BCUT2D eigenvalue weighted by molar-refractivity contribution is 0.199. The van der Waals surface area contributed by atoms with Gasteiger partial charge in [0.05, 0.1) is 12.8 Å². The van der Waals surface area contributed by atoms with Crippen LogP contribution >= 0.6 is 0 Å². The van der Waals surface area contributed by atoms with Gasteiger partial charge in [0, 0.05) is 38.0 Å². The van der Waals surface area contributed by atoms with Crippen LogP contribution in [0.4, 0.5) is 0 Å². The lowest BCUT2D eigenvalue weighted by atomic mass is 10.0. The molecule has 0 saturated carbocycles. The summed E-state index contributed by atoms with van der Waals surface area (Å²) in [5.41, 5.74) is 2.57. The SMILES string of the molecule is CCC(CC)Cn1ncc(CNCCOC)c1C. The highest BCUT2D eigenvalue weighted by Crippen LogP contribution is 2.14. The van der Waals surface area contributed by atoms with Gasteiger partial charge in [-0.25, -0.2) is 0 Å². The first-order valence-electron chi connectivity index (χ1n) is 6.93. The second-order valence-corrected chi connectivity index (χ2v) is 4.79. The molecule has 1 aromatic heterocycles. The molecule has 0 aromatic carbocycles. The van der Waals surface area contributed by atoms with Gasteiger partial charge in [0.25, 0.3) is 0 Å². The Morgan fingerprint density at radius 2 is 2.11 bits per heavy atom. The summed E-state index contributed by atoms with van der Waals surface area (Å²) in [6.07, 6.45) is 4.42. The van der Waals surface area contributed by atoms with Crippen LogP contribution in [0.15, 0.2) is 6.20 Å². The van der Waals surface area contributed by atoms with Crippen LogP contribution in [0.1, 0.15) is 37.9 Å². The van der Waals surface area contributed by atoms with Crippen LogP contribution in [0.25, 0.3) is 0 Å². The van der Waals surface area contributed by atoms with E-state index in [4.69, 9.17) is 4.74 Å². The first kappa shape index (κ1) is 15.2. The van der Waals surface area contributed by atoms with Crippen molar-refractivity contribution in [1.29, 1.82) is 0 Å². The third-order valence-corrected chi connectivity index (χ3v) is 3.59. The molecule has 0 atom stereocenters. The fourth-order valence-electron chi connectivity index (χ4n) is 2.03. The van der Waals surface area contributed by atoms with E-state index >= 15 is 0 Å². The molecule has 0 aliphatic carbocycles. The maximum atomic E-state index is 5.01. The second-order valence-electron chi connectivity index (χ2n) is 4.79. The van der Waals surface area contributed by atoms with E-state index in [1.807, 2.05) is 6.20 Å². The van der Waals surface area contributed by atoms with Crippen LogP contribution in [-0.4, -0.2) is 30.0 Å². The molecule has 4 heteroatoms. The van der Waals surface area contributed by atoms with Gasteiger partial charge in [-0.1, -0.05) is 26.7 Å². The van der Waals surface area contributed by atoms with Crippen molar-refractivity contribution < 1.29 is 4.74 Å². The number of ether oxygens (including phenoxy) is 1. The average Bonchev–Trinajstić information content (AvgIpc) is 2.73. The van der Waals surface area contributed by atoms with Gasteiger partial charge in [-0.15, -0.1) is 0 Å². The molecule has 1 aromatic rings. The van der Waals surface area contributed by atoms with Crippen LogP contribution in [0.2, 0.25) is 0 Å². The summed E-state index contributed by atoms with van der Waals surface area (Å²) in [6.45, 7) is 10.2. The maximum absolute atomic E-state index is 5.01. The molecule has 0 amide bonds. The number of nitrogens with zero attached hydrogens (tertiary/aromatic N) is 2. The zero-order valence-corrected chi connectivity index (χ0v) is 12.2. The number of methoxy groups -OCH3 is 1. The highest BCUT2D eigenvalue weighted by atomic mass is 16.5. The van der Waals surface area contributed by atoms with E-state index in [1.165, 1.54) is 24.1 Å². The molecule has 1 N–H and O–H groups in total. The Hall–Kier alpha value is -0.870. The van der Waals surface area contributed by atoms with Crippen molar-refractivity contribution in [1.82, 2.24) is 15.1 Å². The van der Waals surface area contributed by atoms with E-state index in [2.05, 4.69) is 35.9 Å². The zero-order chi connectivity index (χ0) is 13.4. The van der Waals surface area contributed by atoms with Gasteiger partial charge in [-0.05, 0) is 12.8 Å². The highest BCUT2D eigenvalue weighted by Gasteiger charge is 2.10. The molecule has 0 unspecified atom stereocenters. The largest absolute Gasteiger partial charge is 0.383 e. The monoisotopic (exact) mass is 253 g/mol. The summed E-state index contributed by atoms with van der Waals surface area (Å²) in [7, 11) is 1.72. The van der Waals surface area contributed by atoms with Crippen LogP contribution < -0.4 is 5.32 Å². The summed E-state index contributed by atoms with van der Waals surface area (Å²) in [6, 6.07) is 0. The standard InChI is InChI=1S/C14H27N3O/c1-5-13(6-2)11-17-12(3)14(10-16-17)9-15-7-8-18-4/h10,13,15H,5-9,11H2,1-4H3. The molecule has 1 rings (SSSR count). The lowest BCUT2D eigenvalue weighted by Crippen LogP contribution is -2.19. The number of hydrogen-bond acceptors (Lipinski definition) is 3. The van der Waals surface area contributed by atoms with E-state index in [-0.39, 0.29) is 0 Å². The van der Waals surface area contributed by atoms with Crippen molar-refractivity contribution in [2.24, 2.45) is 5.92 Å². The number of rotatable bonds is 9. The summed E-state index contributed by atoms with van der Waals surface area (Å²) in [5, 5.41) is 7.86. The molecule has 104 valence electrons. The van der Waals surface area contributed by atoms with Crippen molar-refractivity contribution >= 4 is 0 Å². The van der Waals surface area contributed by atoms with Crippen LogP contribution in [0.3, 0.4) is 0 Å². The quantitative estimate of drug-likeness (QED) is 0.687. The molecule has 4 nitrogen and oxygen atoms in total. The molecule has 0 aliphatic heterocycles. The summed E-state index contributed by atoms with van der Waals surface area (Å²) >= 11 is 0. The molecule has 0 fully saturated rings. The van der Waals surface area contributed by atoms with Gasteiger partial charge in [-0.3, -0.25) is 4.68 Å². The molecule has 0 radical (unpaired) electrons. The Balaban J connectivity index is 2.49. The maximum Gasteiger partial charge on any atom is 0.0587 e. The molecule has 1 heterocycles. The minimum absolute atomic E-state index is 0.734. The minimum Gasteiger partial charge on any atom is -0.383 e. The zero-order valence-electron chi connectivity index (χ0n) is 12.2. The molecular weight excluding hydrogens is 226 g/mol. The molecule has 0 bridgehead atoms. The predicted octanol–water partition coefficient (Wildman–Crippen LogP) is 2.36. The van der Waals surface area contributed by atoms with E-state index in [1.54, 1.807) is 7.11 Å². The van der Waals surface area contributed by atoms with E-state index in [0.29, 0.717) is 0 Å². The molecule has 0 aliphatic rings. The molecule has 18 heavy (non-hydrogen) atoms. The minimum atomic E-state index is 0.734. The average molecular weight is 253 g/mol. The van der Waals surface area contributed by atoms with E-state index < -0.39 is 0 Å². The fourth-order valence-corrected chi connectivity index (χ4v) is 2.03. The van der Waals surface area contributed by atoms with Gasteiger partial charge in [0.15, 0.2) is 0 Å². The first-order valence-corrected chi connectivity index (χ1v) is 6.93. The summed E-state index contributed by atoms with van der Waals surface area (Å²) < 4.78 is 7.16.